The van der Waals surface area contributed by atoms with E-state index < -0.39 is 97.5 Å². The fourth-order valence-electron chi connectivity index (χ4n) is 5.50. The maximum atomic E-state index is 13.9. The summed E-state index contributed by atoms with van der Waals surface area (Å²) in [5, 5.41) is 15.6. The summed E-state index contributed by atoms with van der Waals surface area (Å²) >= 11 is 0. The van der Waals surface area contributed by atoms with Crippen molar-refractivity contribution in [3.05, 3.63) is 41.1 Å². The molecule has 4 heterocycles. The molecule has 2 fully saturated rings. The summed E-state index contributed by atoms with van der Waals surface area (Å²) < 4.78 is 112. The van der Waals surface area contributed by atoms with Gasteiger partial charge < -0.3 is 10.6 Å². The first-order valence-electron chi connectivity index (χ1n) is 13.3. The minimum atomic E-state index is -4.71. The maximum absolute atomic E-state index is 13.9. The van der Waals surface area contributed by atoms with Gasteiger partial charge in [-0.1, -0.05) is 5.16 Å². The second-order valence-corrected chi connectivity index (χ2v) is 10.9. The largest absolute Gasteiger partial charge is 0.394 e. The molecule has 5 rings (SSSR count). The first kappa shape index (κ1) is 30.6. The summed E-state index contributed by atoms with van der Waals surface area (Å²) in [6.07, 6.45) is -10.9. The highest BCUT2D eigenvalue weighted by Crippen LogP contribution is 2.41. The van der Waals surface area contributed by atoms with Gasteiger partial charge in [0.25, 0.3) is 5.91 Å². The number of carbonyl (C=O) groups is 2. The van der Waals surface area contributed by atoms with Gasteiger partial charge in [0.2, 0.25) is 11.8 Å². The van der Waals surface area contributed by atoms with Crippen molar-refractivity contribution in [1.82, 2.24) is 35.5 Å². The van der Waals surface area contributed by atoms with Gasteiger partial charge in [0.1, 0.15) is 5.69 Å². The molecule has 3 aromatic heterocycles. The van der Waals surface area contributed by atoms with Crippen LogP contribution in [0.3, 0.4) is 0 Å². The van der Waals surface area contributed by atoms with Crippen molar-refractivity contribution in [2.45, 2.75) is 69.3 Å². The second-order valence-electron chi connectivity index (χ2n) is 10.9. The number of rotatable bonds is 7. The molecule has 0 bridgehead atoms. The Morgan fingerprint density at radius 1 is 1.14 bits per heavy atom. The third-order valence-corrected chi connectivity index (χ3v) is 7.75. The quantitative estimate of drug-likeness (QED) is 0.375. The molecule has 1 aliphatic heterocycles. The minimum absolute atomic E-state index is 0.0336. The number of piperidine rings is 1. The fraction of sp³-hybridized carbons (Fsp3) is 0.600. The van der Waals surface area contributed by atoms with Gasteiger partial charge in [0.05, 0.1) is 36.0 Å². The zero-order chi connectivity index (χ0) is 31.2. The number of fused-ring (bicyclic) bond motifs is 1. The Balaban J connectivity index is 1.39. The van der Waals surface area contributed by atoms with E-state index in [2.05, 4.69) is 35.7 Å². The third kappa shape index (κ3) is 7.21. The highest BCUT2D eigenvalue weighted by molar-refractivity contribution is 5.93. The van der Waals surface area contributed by atoms with Gasteiger partial charge >= 0.3 is 12.4 Å². The van der Waals surface area contributed by atoms with E-state index in [0.29, 0.717) is 0 Å². The lowest BCUT2D eigenvalue weighted by Crippen LogP contribution is -2.47. The van der Waals surface area contributed by atoms with E-state index in [1.54, 1.807) is 0 Å². The highest BCUT2D eigenvalue weighted by Gasteiger charge is 2.45. The highest BCUT2D eigenvalue weighted by atomic mass is 19.4. The minimum Gasteiger partial charge on any atom is -0.355 e. The van der Waals surface area contributed by atoms with Crippen molar-refractivity contribution in [2.24, 2.45) is 17.8 Å². The van der Waals surface area contributed by atoms with Crippen molar-refractivity contribution in [2.75, 3.05) is 6.54 Å². The molecule has 0 radical (unpaired) electrons. The van der Waals surface area contributed by atoms with Crippen LogP contribution in [0, 0.1) is 17.8 Å². The predicted molar refractivity (Wildman–Crippen MR) is 129 cm³/mol. The molecule has 43 heavy (non-hydrogen) atoms. The number of alkyl halides is 8. The summed E-state index contributed by atoms with van der Waals surface area (Å²) in [5.74, 6) is -7.76. The average Bonchev–Trinajstić information content (AvgIpc) is 3.53. The van der Waals surface area contributed by atoms with Crippen LogP contribution in [0.4, 0.5) is 35.1 Å². The van der Waals surface area contributed by atoms with E-state index in [0.717, 1.165) is 0 Å². The molecule has 3 atom stereocenters. The first-order valence-corrected chi connectivity index (χ1v) is 13.3. The number of nitrogens with one attached hydrogen (secondary N) is 2. The van der Waals surface area contributed by atoms with Crippen LogP contribution in [-0.4, -0.2) is 61.5 Å². The Hall–Kier alpha value is -3.86. The number of aromatic nitrogens is 5. The van der Waals surface area contributed by atoms with Crippen LogP contribution in [0.2, 0.25) is 0 Å². The van der Waals surface area contributed by atoms with Crippen LogP contribution in [0.5, 0.6) is 0 Å². The van der Waals surface area contributed by atoms with E-state index in [9.17, 15) is 44.7 Å². The summed E-state index contributed by atoms with van der Waals surface area (Å²) in [5.41, 5.74) is -0.783. The molecule has 3 aromatic rings. The predicted octanol–water partition coefficient (Wildman–Crippen LogP) is 4.37. The van der Waals surface area contributed by atoms with Gasteiger partial charge in [-0.2, -0.15) is 31.4 Å². The number of halogens is 8. The molecule has 0 spiro atoms. The smallest absolute Gasteiger partial charge is 0.355 e. The molecule has 2 amide bonds. The third-order valence-electron chi connectivity index (χ3n) is 7.75. The van der Waals surface area contributed by atoms with Gasteiger partial charge in [0.15, 0.2) is 11.3 Å². The number of hydrogen-bond acceptors (Lipinski definition) is 7. The maximum Gasteiger partial charge on any atom is 0.394 e. The lowest BCUT2D eigenvalue weighted by molar-refractivity contribution is -0.183. The molecular formula is C25H25F8N7O3. The molecule has 1 saturated heterocycles. The molecule has 2 aliphatic rings. The van der Waals surface area contributed by atoms with Crippen LogP contribution in [0.1, 0.15) is 65.7 Å². The normalized spacial score (nSPS) is 22.4. The molecule has 18 heteroatoms. The Bertz CT molecular complexity index is 1480. The van der Waals surface area contributed by atoms with Crippen LogP contribution in [-0.2, 0) is 17.6 Å². The van der Waals surface area contributed by atoms with Gasteiger partial charge in [-0.25, -0.2) is 22.9 Å². The molecule has 0 aromatic carbocycles. The van der Waals surface area contributed by atoms with E-state index >= 15 is 0 Å². The monoisotopic (exact) mass is 623 g/mol. The van der Waals surface area contributed by atoms with Gasteiger partial charge in [-0.15, -0.1) is 0 Å². The zero-order valence-electron chi connectivity index (χ0n) is 22.2. The fourth-order valence-corrected chi connectivity index (χ4v) is 5.50. The second kappa shape index (κ2) is 11.3. The Labute approximate surface area is 237 Å². The van der Waals surface area contributed by atoms with Crippen LogP contribution >= 0.6 is 0 Å². The SMILES string of the molecule is O=C(N[C@H](c1cn2nc(CC3C[C@@H](C(F)(F)F)CNC3=O)ccc2n1)C1CCC(F)(F)CC1)c1nonc1CC(F)(F)F. The van der Waals surface area contributed by atoms with Crippen molar-refractivity contribution < 1.29 is 49.3 Å². The lowest BCUT2D eigenvalue weighted by atomic mass is 9.81. The molecule has 1 saturated carbocycles. The first-order chi connectivity index (χ1) is 20.1. The summed E-state index contributed by atoms with van der Waals surface area (Å²) in [4.78, 5) is 29.7. The zero-order valence-corrected chi connectivity index (χ0v) is 22.2. The number of carbonyl (C=O) groups excluding carboxylic acids is 2. The Morgan fingerprint density at radius 3 is 2.53 bits per heavy atom. The number of hydrogen-bond donors (Lipinski definition) is 2. The van der Waals surface area contributed by atoms with Crippen LogP contribution in [0.15, 0.2) is 23.0 Å². The Morgan fingerprint density at radius 2 is 1.86 bits per heavy atom. The topological polar surface area (TPSA) is 127 Å². The van der Waals surface area contributed by atoms with E-state index in [4.69, 9.17) is 0 Å². The number of amides is 2. The van der Waals surface area contributed by atoms with Crippen molar-refractivity contribution in [3.63, 3.8) is 0 Å². The van der Waals surface area contributed by atoms with E-state index in [1.165, 1.54) is 22.8 Å². The van der Waals surface area contributed by atoms with Crippen molar-refractivity contribution in [3.8, 4) is 0 Å². The molecular weight excluding hydrogens is 598 g/mol. The number of imidazole rings is 1. The molecule has 234 valence electrons. The van der Waals surface area contributed by atoms with Gasteiger partial charge in [0, 0.05) is 31.7 Å². The van der Waals surface area contributed by atoms with Crippen LogP contribution < -0.4 is 10.6 Å². The van der Waals surface area contributed by atoms with E-state index in [-0.39, 0.29) is 36.3 Å². The Kier molecular flexibility index (Phi) is 8.06. The van der Waals surface area contributed by atoms with Gasteiger partial charge in [-0.3, -0.25) is 9.59 Å². The average molecular weight is 624 g/mol. The van der Waals surface area contributed by atoms with Gasteiger partial charge in [-0.05, 0) is 42.5 Å². The van der Waals surface area contributed by atoms with E-state index in [1.807, 2.05) is 0 Å². The summed E-state index contributed by atoms with van der Waals surface area (Å²) in [6, 6.07) is 1.93. The van der Waals surface area contributed by atoms with Crippen LogP contribution in [0.25, 0.3) is 5.65 Å². The summed E-state index contributed by atoms with van der Waals surface area (Å²) in [7, 11) is 0. The van der Waals surface area contributed by atoms with Crippen molar-refractivity contribution in [1.29, 1.82) is 0 Å². The molecule has 1 aliphatic carbocycles. The molecule has 10 nitrogen and oxygen atoms in total. The lowest BCUT2D eigenvalue weighted by Gasteiger charge is -2.33. The standard InChI is InChI=1S/C25H25F8N7O3/c26-23(27)5-3-12(4-6-23)19(36-22(42)20-16(38-43-39-20)9-24(28,29)30)17-11-40-18(35-17)2-1-15(37-40)8-13-7-14(25(31,32)33)10-34-21(13)41/h1-2,11-14,19H,3-10H2,(H,34,41)(H,36,42)/t13?,14-,19+/m1/s1. The molecule has 1 unspecified atom stereocenters. The molecule has 2 N–H and O–H groups in total. The number of nitrogens with zero attached hydrogens (tertiary/aromatic N) is 5. The van der Waals surface area contributed by atoms with Crippen molar-refractivity contribution >= 4 is 17.5 Å². The summed E-state index contributed by atoms with van der Waals surface area (Å²) in [6.45, 7) is -0.502.